The van der Waals surface area contributed by atoms with Crippen LogP contribution < -0.4 is 47.6 Å². The van der Waals surface area contributed by atoms with Crippen molar-refractivity contribution in [2.45, 2.75) is 30.8 Å². The van der Waals surface area contributed by atoms with Crippen molar-refractivity contribution in [2.75, 3.05) is 45.4 Å². The van der Waals surface area contributed by atoms with Gasteiger partial charge in [0, 0.05) is 25.5 Å². The number of esters is 1. The number of hydrogen-bond acceptors (Lipinski definition) is 14. The van der Waals surface area contributed by atoms with Gasteiger partial charge in [-0.15, -0.1) is 19.8 Å². The van der Waals surface area contributed by atoms with Gasteiger partial charge in [-0.2, -0.15) is 0 Å². The van der Waals surface area contributed by atoms with Gasteiger partial charge in [-0.05, 0) is 49.1 Å². The Bertz CT molecular complexity index is 1080. The smallest absolute Gasteiger partial charge is 0.853 e. The molecule has 0 fully saturated rings. The number of carboxylic acid groups (broad SMARTS) is 1. The molecule has 0 aliphatic carbocycles. The van der Waals surface area contributed by atoms with Crippen LogP contribution >= 0.6 is 0 Å². The number of nitrogens with one attached hydrogen (secondary N) is 4. The number of anilines is 1. The van der Waals surface area contributed by atoms with Gasteiger partial charge in [-0.1, -0.05) is 6.07 Å². The fourth-order valence-corrected chi connectivity index (χ4v) is 3.05. The zero-order valence-electron chi connectivity index (χ0n) is 22.8. The zero-order chi connectivity index (χ0) is 30.7. The van der Waals surface area contributed by atoms with Gasteiger partial charge >= 0.3 is 26.1 Å². The van der Waals surface area contributed by atoms with E-state index in [1.165, 1.54) is 13.3 Å². The molecule has 2 rings (SSSR count). The predicted octanol–water partition coefficient (Wildman–Crippen LogP) is -5.22. The summed E-state index contributed by atoms with van der Waals surface area (Å²) in [6, 6.07) is 7.39. The first-order chi connectivity index (χ1) is 19.6. The molecule has 2 aromatic heterocycles. The SMILES string of the molecule is COC(=O)C(CCCCNC(=O)c1ccccn1)NC(=O)c1ccc(NN)nc1.O=C([O-])CNC(C[O-])(C[O-])C[O-].[99Tc+4]. The number of hydrogen-bond donors (Lipinski definition) is 5. The summed E-state index contributed by atoms with van der Waals surface area (Å²) in [5, 5.41) is 48.5. The Labute approximate surface area is 255 Å². The minimum Gasteiger partial charge on any atom is -0.853 e. The van der Waals surface area contributed by atoms with Crippen molar-refractivity contribution in [3.8, 4) is 0 Å². The van der Waals surface area contributed by atoms with E-state index in [0.717, 1.165) is 0 Å². The Kier molecular flexibility index (Phi) is 19.4. The van der Waals surface area contributed by atoms with E-state index in [0.29, 0.717) is 42.9 Å². The molecule has 229 valence electrons. The summed E-state index contributed by atoms with van der Waals surface area (Å²) in [6.45, 7) is -2.99. The number of pyridine rings is 2. The number of nitrogens with zero attached hydrogens (tertiary/aromatic N) is 2. The standard InChI is InChI=1S/C19H24N6O4.C6H10NO5.Tc/c1-29-19(28)15(24-17(26)13-8-9-16(25-20)23-12-13)7-3-5-11-22-18(27)14-6-2-4-10-21-14;8-2-6(3-9,4-10)7-1-5(11)12;/h2,4,6,8-10,12,15H,3,5,7,11,20H2,1H3,(H,22,27)(H,23,25)(H,24,26);7H,1-4H2,(H,11,12);/q;-3;+4/p-1/i;;1+1. The van der Waals surface area contributed by atoms with Crippen LogP contribution in [0.1, 0.15) is 40.1 Å². The summed E-state index contributed by atoms with van der Waals surface area (Å²) in [4.78, 5) is 54.1. The molecule has 0 saturated heterocycles. The molecule has 2 aromatic rings. The van der Waals surface area contributed by atoms with E-state index in [2.05, 4.69) is 31.3 Å². The monoisotopic (exact) mass is 674 g/mol. The first kappa shape index (κ1) is 38.4. The van der Waals surface area contributed by atoms with Gasteiger partial charge in [0.25, 0.3) is 11.8 Å². The fourth-order valence-electron chi connectivity index (χ4n) is 3.05. The van der Waals surface area contributed by atoms with Crippen LogP contribution in [0, 0.1) is 0 Å². The molecular formula is C25H33N7O9Tc. The second-order valence-corrected chi connectivity index (χ2v) is 8.53. The average Bonchev–Trinajstić information content (AvgIpc) is 3.01. The molecule has 0 bridgehead atoms. The van der Waals surface area contributed by atoms with Crippen molar-refractivity contribution in [1.82, 2.24) is 25.9 Å². The molecule has 0 aromatic carbocycles. The molecule has 2 heterocycles. The fraction of sp³-hybridized carbons (Fsp3) is 0.440. The number of rotatable bonds is 16. The Morgan fingerprint density at radius 2 is 1.69 bits per heavy atom. The molecule has 0 aliphatic rings. The van der Waals surface area contributed by atoms with E-state index in [1.807, 2.05) is 0 Å². The van der Waals surface area contributed by atoms with Gasteiger partial charge in [0.1, 0.15) is 17.6 Å². The van der Waals surface area contributed by atoms with Crippen molar-refractivity contribution in [3.05, 3.63) is 54.0 Å². The van der Waals surface area contributed by atoms with Crippen LogP contribution in [0.25, 0.3) is 0 Å². The molecule has 6 N–H and O–H groups in total. The summed E-state index contributed by atoms with van der Waals surface area (Å²) >= 11 is 0. The molecule has 42 heavy (non-hydrogen) atoms. The number of amides is 2. The molecule has 16 nitrogen and oxygen atoms in total. The third kappa shape index (κ3) is 13.9. The zero-order valence-corrected chi connectivity index (χ0v) is 24.7. The van der Waals surface area contributed by atoms with Crippen LogP contribution in [0.15, 0.2) is 42.7 Å². The summed E-state index contributed by atoms with van der Waals surface area (Å²) in [5.41, 5.74) is 1.32. The molecule has 2 amide bonds. The van der Waals surface area contributed by atoms with Crippen LogP contribution in [0.2, 0.25) is 0 Å². The number of ether oxygens (including phenoxy) is 1. The van der Waals surface area contributed by atoms with Gasteiger partial charge in [-0.3, -0.25) is 14.6 Å². The maximum atomic E-state index is 12.3. The Morgan fingerprint density at radius 3 is 2.19 bits per heavy atom. The Hall–Kier alpha value is -3.57. The first-order valence-corrected chi connectivity index (χ1v) is 12.3. The number of carbonyl (C=O) groups excluding carboxylic acids is 4. The number of unbranched alkanes of at least 4 members (excludes halogenated alkanes) is 1. The van der Waals surface area contributed by atoms with Gasteiger partial charge in [0.15, 0.2) is 0 Å². The number of nitrogen functional groups attached to an aromatic ring is 1. The van der Waals surface area contributed by atoms with Crippen LogP contribution in [0.5, 0.6) is 0 Å². The number of aliphatic carboxylic acids is 1. The molecule has 1 unspecified atom stereocenters. The van der Waals surface area contributed by atoms with Crippen molar-refractivity contribution in [3.63, 3.8) is 0 Å². The third-order valence-electron chi connectivity index (χ3n) is 5.50. The van der Waals surface area contributed by atoms with Crippen molar-refractivity contribution >= 4 is 29.6 Å². The van der Waals surface area contributed by atoms with E-state index in [4.69, 9.17) is 10.6 Å². The van der Waals surface area contributed by atoms with Gasteiger partial charge in [-0.25, -0.2) is 15.6 Å². The van der Waals surface area contributed by atoms with E-state index in [9.17, 15) is 39.6 Å². The van der Waals surface area contributed by atoms with Crippen LogP contribution in [0.3, 0.4) is 0 Å². The normalized spacial score (nSPS) is 11.1. The Morgan fingerprint density at radius 1 is 1.00 bits per heavy atom. The average molecular weight is 674 g/mol. The predicted molar refractivity (Wildman–Crippen MR) is 136 cm³/mol. The minimum absolute atomic E-state index is 0. The van der Waals surface area contributed by atoms with Crippen molar-refractivity contribution in [1.29, 1.82) is 0 Å². The second-order valence-electron chi connectivity index (χ2n) is 8.53. The minimum atomic E-state index is -1.68. The summed E-state index contributed by atoms with van der Waals surface area (Å²) in [5.74, 6) is 2.97. The molecule has 17 heteroatoms. The van der Waals surface area contributed by atoms with Gasteiger partial charge < -0.3 is 51.3 Å². The molecule has 1 radical (unpaired) electrons. The van der Waals surface area contributed by atoms with E-state index in [-0.39, 0.29) is 26.0 Å². The topological polar surface area (TPSA) is 270 Å². The van der Waals surface area contributed by atoms with Gasteiger partial charge in [0.05, 0.1) is 18.6 Å². The second kappa shape index (κ2) is 21.2. The summed E-state index contributed by atoms with van der Waals surface area (Å²) in [6.07, 6.45) is 4.49. The van der Waals surface area contributed by atoms with Crippen LogP contribution in [-0.4, -0.2) is 85.3 Å². The summed E-state index contributed by atoms with van der Waals surface area (Å²) < 4.78 is 4.76. The van der Waals surface area contributed by atoms with Crippen LogP contribution in [-0.2, 0) is 34.4 Å². The maximum Gasteiger partial charge on any atom is 4.00 e. The summed E-state index contributed by atoms with van der Waals surface area (Å²) in [7, 11) is 1.26. The quantitative estimate of drug-likeness (QED) is 0.0482. The number of hydrazine groups is 1. The first-order valence-electron chi connectivity index (χ1n) is 12.3. The number of aromatic nitrogens is 2. The molecule has 0 saturated carbocycles. The number of carbonyl (C=O) groups is 4. The van der Waals surface area contributed by atoms with Crippen LogP contribution in [0.4, 0.5) is 5.82 Å². The maximum absolute atomic E-state index is 12.3. The molecule has 1 atom stereocenters. The molecule has 0 spiro atoms. The van der Waals surface area contributed by atoms with E-state index in [1.54, 1.807) is 36.5 Å². The Balaban J connectivity index is 0.00000110. The van der Waals surface area contributed by atoms with E-state index < -0.39 is 55.8 Å². The molecule has 0 aliphatic heterocycles. The van der Waals surface area contributed by atoms with E-state index >= 15 is 0 Å². The number of nitrogens with two attached hydrogens (primary N) is 1. The number of methoxy groups -OCH3 is 1. The third-order valence-corrected chi connectivity index (χ3v) is 5.50. The van der Waals surface area contributed by atoms with Crippen molar-refractivity contribution < 1.29 is 64.4 Å². The van der Waals surface area contributed by atoms with Gasteiger partial charge in [0.2, 0.25) is 0 Å². The largest absolute Gasteiger partial charge is 4.00 e. The van der Waals surface area contributed by atoms with Crippen molar-refractivity contribution in [2.24, 2.45) is 5.84 Å². The molecular weight excluding hydrogens is 641 g/mol. The number of carboxylic acids is 1.